The van der Waals surface area contributed by atoms with E-state index in [1.165, 1.54) is 0 Å². The fourth-order valence-corrected chi connectivity index (χ4v) is 1.42. The van der Waals surface area contributed by atoms with Gasteiger partial charge in [-0.15, -0.1) is 12.4 Å². The molecule has 0 heterocycles. The van der Waals surface area contributed by atoms with Crippen molar-refractivity contribution in [1.82, 2.24) is 5.32 Å². The fraction of sp³-hybridized carbons (Fsp3) is 0.500. The maximum absolute atomic E-state index is 11.6. The van der Waals surface area contributed by atoms with Gasteiger partial charge in [0.1, 0.15) is 0 Å². The molecule has 0 radical (unpaired) electrons. The van der Waals surface area contributed by atoms with Crippen LogP contribution in [0.15, 0.2) is 30.3 Å². The minimum atomic E-state index is -0.351. The number of halogens is 1. The lowest BCUT2D eigenvalue weighted by Gasteiger charge is -2.24. The molecule has 4 nitrogen and oxygen atoms in total. The molecule has 0 aliphatic rings. The Morgan fingerprint density at radius 2 is 1.95 bits per heavy atom. The fourth-order valence-electron chi connectivity index (χ4n) is 1.42. The van der Waals surface area contributed by atoms with Gasteiger partial charge < -0.3 is 15.8 Å². The van der Waals surface area contributed by atoms with Crippen molar-refractivity contribution in [2.75, 3.05) is 13.2 Å². The molecule has 0 atom stereocenters. The highest BCUT2D eigenvalue weighted by Crippen LogP contribution is 2.02. The SMILES string of the molecule is CC(C)(CN)NC(=O)CCOCc1ccccc1.Cl. The Kier molecular flexibility index (Phi) is 8.39. The summed E-state index contributed by atoms with van der Waals surface area (Å²) >= 11 is 0. The maximum atomic E-state index is 11.6. The number of hydrogen-bond acceptors (Lipinski definition) is 3. The summed E-state index contributed by atoms with van der Waals surface area (Å²) in [4.78, 5) is 11.6. The van der Waals surface area contributed by atoms with Gasteiger partial charge in [-0.3, -0.25) is 4.79 Å². The van der Waals surface area contributed by atoms with Gasteiger partial charge in [0.15, 0.2) is 0 Å². The Morgan fingerprint density at radius 3 is 2.53 bits per heavy atom. The smallest absolute Gasteiger partial charge is 0.222 e. The molecule has 0 saturated heterocycles. The molecule has 1 amide bonds. The van der Waals surface area contributed by atoms with Gasteiger partial charge in [0.25, 0.3) is 0 Å². The molecule has 1 rings (SSSR count). The molecule has 1 aromatic rings. The lowest BCUT2D eigenvalue weighted by atomic mass is 10.1. The summed E-state index contributed by atoms with van der Waals surface area (Å²) < 4.78 is 5.45. The molecular formula is C14H23ClN2O2. The predicted octanol–water partition coefficient (Wildman–Crippen LogP) is 1.87. The first-order valence-electron chi connectivity index (χ1n) is 6.16. The molecular weight excluding hydrogens is 264 g/mol. The molecule has 3 N–H and O–H groups in total. The van der Waals surface area contributed by atoms with E-state index in [4.69, 9.17) is 10.5 Å². The van der Waals surface area contributed by atoms with Crippen molar-refractivity contribution in [3.63, 3.8) is 0 Å². The molecule has 5 heteroatoms. The summed E-state index contributed by atoms with van der Waals surface area (Å²) in [6.45, 7) is 5.17. The standard InChI is InChI=1S/C14H22N2O2.ClH/c1-14(2,11-15)16-13(17)8-9-18-10-12-6-4-3-5-7-12;/h3-7H,8-11,15H2,1-2H3,(H,16,17);1H. The summed E-state index contributed by atoms with van der Waals surface area (Å²) in [6, 6.07) is 9.89. The largest absolute Gasteiger partial charge is 0.376 e. The first-order chi connectivity index (χ1) is 8.53. The molecule has 1 aromatic carbocycles. The number of nitrogens with one attached hydrogen (secondary N) is 1. The number of carbonyl (C=O) groups is 1. The Hall–Kier alpha value is -1.10. The monoisotopic (exact) mass is 286 g/mol. The highest BCUT2D eigenvalue weighted by molar-refractivity contribution is 5.85. The number of ether oxygens (including phenoxy) is 1. The zero-order chi connectivity index (χ0) is 13.4. The summed E-state index contributed by atoms with van der Waals surface area (Å²) in [5.74, 6) is -0.0292. The highest BCUT2D eigenvalue weighted by Gasteiger charge is 2.17. The zero-order valence-corrected chi connectivity index (χ0v) is 12.3. The Balaban J connectivity index is 0.00000324. The van der Waals surface area contributed by atoms with Crippen molar-refractivity contribution < 1.29 is 9.53 Å². The summed E-state index contributed by atoms with van der Waals surface area (Å²) in [5.41, 5.74) is 6.30. The minimum Gasteiger partial charge on any atom is -0.376 e. The van der Waals surface area contributed by atoms with Crippen molar-refractivity contribution >= 4 is 18.3 Å². The molecule has 19 heavy (non-hydrogen) atoms. The molecule has 0 unspecified atom stereocenters. The second kappa shape index (κ2) is 8.91. The molecule has 0 spiro atoms. The number of amides is 1. The third-order valence-electron chi connectivity index (χ3n) is 2.57. The van der Waals surface area contributed by atoms with Crippen LogP contribution in [0.25, 0.3) is 0 Å². The van der Waals surface area contributed by atoms with E-state index in [0.29, 0.717) is 26.2 Å². The Morgan fingerprint density at radius 1 is 1.32 bits per heavy atom. The number of carbonyl (C=O) groups excluding carboxylic acids is 1. The van der Waals surface area contributed by atoms with Crippen LogP contribution in [0.4, 0.5) is 0 Å². The van der Waals surface area contributed by atoms with Gasteiger partial charge in [0, 0.05) is 18.5 Å². The minimum absolute atomic E-state index is 0. The van der Waals surface area contributed by atoms with Crippen LogP contribution in [0.1, 0.15) is 25.8 Å². The molecule has 0 aliphatic carbocycles. The topological polar surface area (TPSA) is 64.3 Å². The van der Waals surface area contributed by atoms with Gasteiger partial charge in [-0.05, 0) is 19.4 Å². The molecule has 0 aromatic heterocycles. The van der Waals surface area contributed by atoms with Crippen molar-refractivity contribution in [3.05, 3.63) is 35.9 Å². The molecule has 108 valence electrons. The van der Waals surface area contributed by atoms with E-state index in [9.17, 15) is 4.79 Å². The highest BCUT2D eigenvalue weighted by atomic mass is 35.5. The van der Waals surface area contributed by atoms with Crippen LogP contribution in [0.2, 0.25) is 0 Å². The third-order valence-corrected chi connectivity index (χ3v) is 2.57. The van der Waals surface area contributed by atoms with Crippen molar-refractivity contribution in [3.8, 4) is 0 Å². The predicted molar refractivity (Wildman–Crippen MR) is 79.2 cm³/mol. The van der Waals surface area contributed by atoms with E-state index in [0.717, 1.165) is 5.56 Å². The zero-order valence-electron chi connectivity index (χ0n) is 11.5. The number of benzene rings is 1. The van der Waals surface area contributed by atoms with Crippen LogP contribution in [0.5, 0.6) is 0 Å². The van der Waals surface area contributed by atoms with Gasteiger partial charge in [-0.2, -0.15) is 0 Å². The van der Waals surface area contributed by atoms with E-state index < -0.39 is 0 Å². The molecule has 0 aliphatic heterocycles. The van der Waals surface area contributed by atoms with Crippen LogP contribution in [0.3, 0.4) is 0 Å². The van der Waals surface area contributed by atoms with Crippen LogP contribution in [-0.4, -0.2) is 24.6 Å². The van der Waals surface area contributed by atoms with Crippen molar-refractivity contribution in [2.24, 2.45) is 5.73 Å². The van der Waals surface area contributed by atoms with E-state index in [2.05, 4.69) is 5.32 Å². The van der Waals surface area contributed by atoms with E-state index in [-0.39, 0.29) is 23.9 Å². The van der Waals surface area contributed by atoms with E-state index >= 15 is 0 Å². The van der Waals surface area contributed by atoms with Crippen LogP contribution >= 0.6 is 12.4 Å². The quantitative estimate of drug-likeness (QED) is 0.752. The maximum Gasteiger partial charge on any atom is 0.222 e. The van der Waals surface area contributed by atoms with Crippen LogP contribution in [-0.2, 0) is 16.1 Å². The number of nitrogens with two attached hydrogens (primary N) is 1. The third kappa shape index (κ3) is 7.82. The normalized spacial score (nSPS) is 10.7. The second-order valence-electron chi connectivity index (χ2n) is 4.92. The lowest BCUT2D eigenvalue weighted by Crippen LogP contribution is -2.49. The summed E-state index contributed by atoms with van der Waals surface area (Å²) in [5, 5.41) is 2.86. The van der Waals surface area contributed by atoms with Gasteiger partial charge in [-0.25, -0.2) is 0 Å². The summed E-state index contributed by atoms with van der Waals surface area (Å²) in [6.07, 6.45) is 0.357. The average molecular weight is 287 g/mol. The molecule has 0 saturated carbocycles. The van der Waals surface area contributed by atoms with Gasteiger partial charge in [-0.1, -0.05) is 30.3 Å². The average Bonchev–Trinajstić information content (AvgIpc) is 2.35. The number of rotatable bonds is 7. The first kappa shape index (κ1) is 17.9. The van der Waals surface area contributed by atoms with Crippen molar-refractivity contribution in [1.29, 1.82) is 0 Å². The Bertz CT molecular complexity index is 369. The van der Waals surface area contributed by atoms with Crippen LogP contribution < -0.4 is 11.1 Å². The van der Waals surface area contributed by atoms with Gasteiger partial charge in [0.05, 0.1) is 13.2 Å². The first-order valence-corrected chi connectivity index (χ1v) is 6.16. The molecule has 0 fully saturated rings. The summed E-state index contributed by atoms with van der Waals surface area (Å²) in [7, 11) is 0. The van der Waals surface area contributed by atoms with Crippen LogP contribution in [0, 0.1) is 0 Å². The lowest BCUT2D eigenvalue weighted by molar-refractivity contribution is -0.123. The van der Waals surface area contributed by atoms with Gasteiger partial charge >= 0.3 is 0 Å². The second-order valence-corrected chi connectivity index (χ2v) is 4.92. The van der Waals surface area contributed by atoms with E-state index in [1.807, 2.05) is 44.2 Å². The van der Waals surface area contributed by atoms with E-state index in [1.54, 1.807) is 0 Å². The molecule has 0 bridgehead atoms. The van der Waals surface area contributed by atoms with Crippen molar-refractivity contribution in [2.45, 2.75) is 32.4 Å². The Labute approximate surface area is 121 Å². The van der Waals surface area contributed by atoms with Gasteiger partial charge in [0.2, 0.25) is 5.91 Å². The number of hydrogen-bond donors (Lipinski definition) is 2.